The molecule has 0 aliphatic carbocycles. The molecule has 0 fully saturated rings. The molecule has 0 radical (unpaired) electrons. The van der Waals surface area contributed by atoms with Crippen LogP contribution in [-0.4, -0.2) is 31.2 Å². The maximum absolute atomic E-state index is 12.1. The number of carbonyl (C=O) groups excluding carboxylic acids is 1. The third kappa shape index (κ3) is 4.36. The Morgan fingerprint density at radius 3 is 2.91 bits per heavy atom. The van der Waals surface area contributed by atoms with Gasteiger partial charge in [-0.2, -0.15) is 4.80 Å². The van der Waals surface area contributed by atoms with Crippen molar-refractivity contribution in [1.82, 2.24) is 25.5 Å². The SMILES string of the molecule is CCCn1nnc(NC(=S)NC(=O)c2cc(Cl)ccc2Cl)n1. The van der Waals surface area contributed by atoms with Crippen LogP contribution in [0.4, 0.5) is 5.95 Å². The van der Waals surface area contributed by atoms with Gasteiger partial charge in [0.2, 0.25) is 0 Å². The van der Waals surface area contributed by atoms with Crippen LogP contribution >= 0.6 is 35.4 Å². The number of benzene rings is 1. The zero-order valence-electron chi connectivity index (χ0n) is 11.5. The summed E-state index contributed by atoms with van der Waals surface area (Å²) in [5.74, 6) is -0.276. The summed E-state index contributed by atoms with van der Waals surface area (Å²) in [6.45, 7) is 2.64. The van der Waals surface area contributed by atoms with Crippen LogP contribution in [0.2, 0.25) is 10.0 Å². The number of thiocarbonyl (C=S) groups is 1. The van der Waals surface area contributed by atoms with Crippen LogP contribution in [0.3, 0.4) is 0 Å². The second-order valence-electron chi connectivity index (χ2n) is 4.24. The molecule has 116 valence electrons. The maximum Gasteiger partial charge on any atom is 0.269 e. The smallest absolute Gasteiger partial charge is 0.269 e. The van der Waals surface area contributed by atoms with Crippen molar-refractivity contribution in [2.24, 2.45) is 0 Å². The van der Waals surface area contributed by atoms with E-state index < -0.39 is 5.91 Å². The summed E-state index contributed by atoms with van der Waals surface area (Å²) >= 11 is 16.8. The molecular weight excluding hydrogens is 347 g/mol. The molecule has 0 aliphatic heterocycles. The number of carbonyl (C=O) groups is 1. The summed E-state index contributed by atoms with van der Waals surface area (Å²) in [4.78, 5) is 13.5. The number of aryl methyl sites for hydroxylation is 1. The largest absolute Gasteiger partial charge is 0.299 e. The summed E-state index contributed by atoms with van der Waals surface area (Å²) < 4.78 is 0. The lowest BCUT2D eigenvalue weighted by Gasteiger charge is -2.08. The summed E-state index contributed by atoms with van der Waals surface area (Å²) in [5, 5.41) is 17.5. The van der Waals surface area contributed by atoms with E-state index in [2.05, 4.69) is 26.0 Å². The molecule has 0 unspecified atom stereocenters. The molecular formula is C12H12Cl2N6OS. The minimum absolute atomic E-state index is 0.0390. The average molecular weight is 359 g/mol. The molecule has 0 spiro atoms. The van der Waals surface area contributed by atoms with Crippen molar-refractivity contribution < 1.29 is 4.79 Å². The topological polar surface area (TPSA) is 84.7 Å². The van der Waals surface area contributed by atoms with Crippen LogP contribution in [-0.2, 0) is 6.54 Å². The Bertz CT molecular complexity index is 705. The predicted octanol–water partition coefficient (Wildman–Crippen LogP) is 2.52. The molecule has 0 atom stereocenters. The molecule has 7 nitrogen and oxygen atoms in total. The van der Waals surface area contributed by atoms with Gasteiger partial charge in [-0.05, 0) is 42.1 Å². The monoisotopic (exact) mass is 358 g/mol. The zero-order valence-corrected chi connectivity index (χ0v) is 13.8. The Hall–Kier alpha value is -1.77. The Morgan fingerprint density at radius 1 is 1.41 bits per heavy atom. The normalized spacial score (nSPS) is 10.3. The lowest BCUT2D eigenvalue weighted by Crippen LogP contribution is -2.34. The number of halogens is 2. The number of rotatable bonds is 4. The van der Waals surface area contributed by atoms with Gasteiger partial charge in [-0.3, -0.25) is 15.4 Å². The van der Waals surface area contributed by atoms with Crippen molar-refractivity contribution in [1.29, 1.82) is 0 Å². The van der Waals surface area contributed by atoms with Crippen LogP contribution < -0.4 is 10.6 Å². The molecule has 0 saturated heterocycles. The second kappa shape index (κ2) is 7.48. The molecule has 10 heteroatoms. The van der Waals surface area contributed by atoms with E-state index in [4.69, 9.17) is 35.4 Å². The molecule has 0 aliphatic rings. The fraction of sp³-hybridized carbons (Fsp3) is 0.250. The lowest BCUT2D eigenvalue weighted by atomic mass is 10.2. The minimum atomic E-state index is -0.481. The number of tetrazole rings is 1. The summed E-state index contributed by atoms with van der Waals surface area (Å²) in [6, 6.07) is 4.58. The Balaban J connectivity index is 1.98. The molecule has 0 saturated carbocycles. The number of anilines is 1. The predicted molar refractivity (Wildman–Crippen MR) is 88.3 cm³/mol. The fourth-order valence-corrected chi connectivity index (χ4v) is 2.12. The molecule has 22 heavy (non-hydrogen) atoms. The standard InChI is InChI=1S/C12H12Cl2N6OS/c1-2-5-20-18-11(17-19-20)16-12(22)15-10(21)8-6-7(13)3-4-9(8)14/h3-4,6H,2,5H2,1H3,(H2,15,16,18,21,22). The average Bonchev–Trinajstić information content (AvgIpc) is 2.89. The van der Waals surface area contributed by atoms with E-state index in [9.17, 15) is 4.79 Å². The number of amides is 1. The third-order valence-electron chi connectivity index (χ3n) is 2.50. The second-order valence-corrected chi connectivity index (χ2v) is 5.49. The van der Waals surface area contributed by atoms with Crippen molar-refractivity contribution in [3.8, 4) is 0 Å². The van der Waals surface area contributed by atoms with E-state index in [1.54, 1.807) is 6.07 Å². The van der Waals surface area contributed by atoms with E-state index in [-0.39, 0.29) is 21.6 Å². The molecule has 1 aromatic carbocycles. The number of nitrogens with one attached hydrogen (secondary N) is 2. The van der Waals surface area contributed by atoms with Crippen LogP contribution in [0.15, 0.2) is 18.2 Å². The summed E-state index contributed by atoms with van der Waals surface area (Å²) in [5.41, 5.74) is 0.223. The molecule has 2 N–H and O–H groups in total. The van der Waals surface area contributed by atoms with Crippen LogP contribution in [0.25, 0.3) is 0 Å². The van der Waals surface area contributed by atoms with Gasteiger partial charge < -0.3 is 0 Å². The highest BCUT2D eigenvalue weighted by Gasteiger charge is 2.13. The number of aromatic nitrogens is 4. The first kappa shape index (κ1) is 16.6. The first-order chi connectivity index (χ1) is 10.5. The van der Waals surface area contributed by atoms with E-state index in [0.29, 0.717) is 11.6 Å². The van der Waals surface area contributed by atoms with Gasteiger partial charge in [-0.15, -0.1) is 5.10 Å². The number of hydrogen-bond donors (Lipinski definition) is 2. The maximum atomic E-state index is 12.1. The van der Waals surface area contributed by atoms with Gasteiger partial charge in [-0.1, -0.05) is 35.2 Å². The van der Waals surface area contributed by atoms with Crippen molar-refractivity contribution in [2.75, 3.05) is 5.32 Å². The van der Waals surface area contributed by atoms with Crippen LogP contribution in [0.1, 0.15) is 23.7 Å². The van der Waals surface area contributed by atoms with Crippen molar-refractivity contribution in [3.05, 3.63) is 33.8 Å². The summed E-state index contributed by atoms with van der Waals surface area (Å²) in [6.07, 6.45) is 0.879. The van der Waals surface area contributed by atoms with Crippen LogP contribution in [0, 0.1) is 0 Å². The molecule has 0 bridgehead atoms. The molecule has 1 heterocycles. The fourth-order valence-electron chi connectivity index (χ4n) is 1.56. The zero-order chi connectivity index (χ0) is 16.1. The quantitative estimate of drug-likeness (QED) is 0.816. The first-order valence-corrected chi connectivity index (χ1v) is 7.51. The molecule has 2 aromatic rings. The Labute approximate surface area is 142 Å². The molecule has 1 aromatic heterocycles. The van der Waals surface area contributed by atoms with Gasteiger partial charge in [-0.25, -0.2) is 0 Å². The van der Waals surface area contributed by atoms with Gasteiger partial charge in [0, 0.05) is 5.02 Å². The van der Waals surface area contributed by atoms with Crippen molar-refractivity contribution >= 4 is 52.4 Å². The van der Waals surface area contributed by atoms with E-state index >= 15 is 0 Å². The van der Waals surface area contributed by atoms with Gasteiger partial charge in [0.1, 0.15) is 0 Å². The van der Waals surface area contributed by atoms with E-state index in [1.165, 1.54) is 16.9 Å². The third-order valence-corrected chi connectivity index (χ3v) is 3.27. The van der Waals surface area contributed by atoms with E-state index in [0.717, 1.165) is 6.42 Å². The first-order valence-electron chi connectivity index (χ1n) is 6.34. The number of nitrogens with zero attached hydrogens (tertiary/aromatic N) is 4. The highest BCUT2D eigenvalue weighted by atomic mass is 35.5. The lowest BCUT2D eigenvalue weighted by molar-refractivity contribution is 0.0978. The van der Waals surface area contributed by atoms with Crippen molar-refractivity contribution in [2.45, 2.75) is 19.9 Å². The summed E-state index contributed by atoms with van der Waals surface area (Å²) in [7, 11) is 0. The van der Waals surface area contributed by atoms with Crippen molar-refractivity contribution in [3.63, 3.8) is 0 Å². The molecule has 1 amide bonds. The number of hydrogen-bond acceptors (Lipinski definition) is 5. The Kier molecular flexibility index (Phi) is 5.64. The Morgan fingerprint density at radius 2 is 2.18 bits per heavy atom. The van der Waals surface area contributed by atoms with Gasteiger partial charge in [0.05, 0.1) is 17.1 Å². The van der Waals surface area contributed by atoms with Gasteiger partial charge >= 0.3 is 0 Å². The van der Waals surface area contributed by atoms with Gasteiger partial charge in [0.25, 0.3) is 11.9 Å². The van der Waals surface area contributed by atoms with Gasteiger partial charge in [0.15, 0.2) is 5.11 Å². The highest BCUT2D eigenvalue weighted by Crippen LogP contribution is 2.20. The van der Waals surface area contributed by atoms with Crippen LogP contribution in [0.5, 0.6) is 0 Å². The highest BCUT2D eigenvalue weighted by molar-refractivity contribution is 7.80. The van der Waals surface area contributed by atoms with E-state index in [1.807, 2.05) is 6.92 Å². The molecule has 2 rings (SSSR count). The minimum Gasteiger partial charge on any atom is -0.299 e.